The Morgan fingerprint density at radius 2 is 2.00 bits per heavy atom. The van der Waals surface area contributed by atoms with Gasteiger partial charge in [-0.05, 0) is 50.7 Å². The molecule has 0 aliphatic carbocycles. The molecular weight excluding hydrogens is 234 g/mol. The topological polar surface area (TPSA) is 27.3 Å². The first-order valence-electron chi connectivity index (χ1n) is 7.38. The van der Waals surface area contributed by atoms with Crippen molar-refractivity contribution in [2.45, 2.75) is 38.1 Å². The van der Waals surface area contributed by atoms with Gasteiger partial charge in [-0.3, -0.25) is 0 Å². The molecule has 2 heterocycles. The van der Waals surface area contributed by atoms with Crippen LogP contribution in [0.3, 0.4) is 0 Å². The van der Waals surface area contributed by atoms with Crippen LogP contribution in [0.4, 0.5) is 11.4 Å². The number of piperidine rings is 1. The Morgan fingerprint density at radius 1 is 1.26 bits per heavy atom. The van der Waals surface area contributed by atoms with E-state index in [0.29, 0.717) is 6.04 Å². The maximum Gasteiger partial charge on any atom is 0.0399 e. The van der Waals surface area contributed by atoms with Crippen molar-refractivity contribution in [1.82, 2.24) is 4.90 Å². The highest BCUT2D eigenvalue weighted by Crippen LogP contribution is 2.37. The predicted octanol–water partition coefficient (Wildman–Crippen LogP) is 2.90. The number of hydrogen-bond acceptors (Lipinski definition) is 3. The lowest BCUT2D eigenvalue weighted by molar-refractivity contribution is 0.264. The first-order chi connectivity index (χ1) is 9.04. The average molecular weight is 259 g/mol. The molecule has 0 atom stereocenters. The standard InChI is InChI=1S/C16H25N3/c1-16(2)11-17-15-10-13(4-5-14(15)16)18-12-6-8-19(3)9-7-12/h4-5,10,12,17-18H,6-9,11H2,1-3H3. The van der Waals surface area contributed by atoms with Gasteiger partial charge in [0.2, 0.25) is 0 Å². The molecular formula is C16H25N3. The summed E-state index contributed by atoms with van der Waals surface area (Å²) < 4.78 is 0. The van der Waals surface area contributed by atoms with E-state index in [-0.39, 0.29) is 5.41 Å². The van der Waals surface area contributed by atoms with Gasteiger partial charge < -0.3 is 15.5 Å². The van der Waals surface area contributed by atoms with E-state index in [1.807, 2.05) is 0 Å². The second-order valence-electron chi connectivity index (χ2n) is 6.72. The third-order valence-electron chi connectivity index (χ3n) is 4.56. The van der Waals surface area contributed by atoms with E-state index in [1.165, 1.54) is 42.9 Å². The predicted molar refractivity (Wildman–Crippen MR) is 82.1 cm³/mol. The van der Waals surface area contributed by atoms with E-state index < -0.39 is 0 Å². The summed E-state index contributed by atoms with van der Waals surface area (Å²) in [6.45, 7) is 8.05. The molecule has 3 heteroatoms. The van der Waals surface area contributed by atoms with Crippen LogP contribution in [0.2, 0.25) is 0 Å². The van der Waals surface area contributed by atoms with Gasteiger partial charge in [-0.2, -0.15) is 0 Å². The number of nitrogens with zero attached hydrogens (tertiary/aromatic N) is 1. The number of nitrogens with one attached hydrogen (secondary N) is 2. The Hall–Kier alpha value is -1.22. The van der Waals surface area contributed by atoms with Gasteiger partial charge in [0.25, 0.3) is 0 Å². The number of fused-ring (bicyclic) bond motifs is 1. The maximum absolute atomic E-state index is 3.69. The van der Waals surface area contributed by atoms with Crippen LogP contribution in [0.25, 0.3) is 0 Å². The molecule has 0 amide bonds. The normalized spacial score (nSPS) is 22.9. The molecule has 104 valence electrons. The number of likely N-dealkylation sites (tertiary alicyclic amines) is 1. The highest BCUT2D eigenvalue weighted by Gasteiger charge is 2.29. The monoisotopic (exact) mass is 259 g/mol. The van der Waals surface area contributed by atoms with Gasteiger partial charge in [0.15, 0.2) is 0 Å². The summed E-state index contributed by atoms with van der Waals surface area (Å²) in [6, 6.07) is 7.43. The van der Waals surface area contributed by atoms with Crippen LogP contribution in [0.5, 0.6) is 0 Å². The van der Waals surface area contributed by atoms with E-state index in [2.05, 4.69) is 54.6 Å². The van der Waals surface area contributed by atoms with E-state index >= 15 is 0 Å². The minimum Gasteiger partial charge on any atom is -0.384 e. The minimum absolute atomic E-state index is 0.265. The SMILES string of the molecule is CN1CCC(Nc2ccc3c(c2)NCC3(C)C)CC1. The lowest BCUT2D eigenvalue weighted by Crippen LogP contribution is -2.36. The van der Waals surface area contributed by atoms with E-state index in [1.54, 1.807) is 0 Å². The molecule has 0 bridgehead atoms. The highest BCUT2D eigenvalue weighted by atomic mass is 15.1. The zero-order chi connectivity index (χ0) is 13.5. The lowest BCUT2D eigenvalue weighted by atomic mass is 9.87. The van der Waals surface area contributed by atoms with Crippen LogP contribution in [-0.4, -0.2) is 37.6 Å². The van der Waals surface area contributed by atoms with Gasteiger partial charge in [-0.1, -0.05) is 19.9 Å². The fourth-order valence-corrected chi connectivity index (χ4v) is 3.17. The Bertz CT molecular complexity index is 459. The molecule has 2 aliphatic rings. The Morgan fingerprint density at radius 3 is 2.74 bits per heavy atom. The maximum atomic E-state index is 3.69. The summed E-state index contributed by atoms with van der Waals surface area (Å²) >= 11 is 0. The lowest BCUT2D eigenvalue weighted by Gasteiger charge is -2.30. The van der Waals surface area contributed by atoms with Gasteiger partial charge in [0.05, 0.1) is 0 Å². The van der Waals surface area contributed by atoms with Crippen LogP contribution >= 0.6 is 0 Å². The second-order valence-corrected chi connectivity index (χ2v) is 6.72. The van der Waals surface area contributed by atoms with Crippen molar-refractivity contribution >= 4 is 11.4 Å². The van der Waals surface area contributed by atoms with Crippen molar-refractivity contribution in [2.24, 2.45) is 0 Å². The fourth-order valence-electron chi connectivity index (χ4n) is 3.17. The molecule has 2 aliphatic heterocycles. The molecule has 3 nitrogen and oxygen atoms in total. The zero-order valence-electron chi connectivity index (χ0n) is 12.3. The Kier molecular flexibility index (Phi) is 3.17. The largest absolute Gasteiger partial charge is 0.384 e. The number of rotatable bonds is 2. The third kappa shape index (κ3) is 2.57. The molecule has 0 unspecified atom stereocenters. The quantitative estimate of drug-likeness (QED) is 0.855. The summed E-state index contributed by atoms with van der Waals surface area (Å²) in [6.07, 6.45) is 2.49. The third-order valence-corrected chi connectivity index (χ3v) is 4.56. The Balaban J connectivity index is 1.70. The smallest absolute Gasteiger partial charge is 0.0399 e. The molecule has 0 radical (unpaired) electrons. The molecule has 1 saturated heterocycles. The minimum atomic E-state index is 0.265. The number of anilines is 2. The van der Waals surface area contributed by atoms with Crippen LogP contribution in [0, 0.1) is 0 Å². The van der Waals surface area contributed by atoms with Gasteiger partial charge in [0.1, 0.15) is 0 Å². The molecule has 1 fully saturated rings. The molecule has 0 aromatic heterocycles. The van der Waals surface area contributed by atoms with Crippen LogP contribution in [-0.2, 0) is 5.41 Å². The van der Waals surface area contributed by atoms with Gasteiger partial charge in [-0.15, -0.1) is 0 Å². The highest BCUT2D eigenvalue weighted by molar-refractivity contribution is 5.67. The van der Waals surface area contributed by atoms with Gasteiger partial charge in [0, 0.05) is 29.4 Å². The summed E-state index contributed by atoms with van der Waals surface area (Å²) in [7, 11) is 2.21. The van der Waals surface area contributed by atoms with Crippen molar-refractivity contribution in [3.63, 3.8) is 0 Å². The summed E-state index contributed by atoms with van der Waals surface area (Å²) in [4.78, 5) is 2.41. The second kappa shape index (κ2) is 4.71. The summed E-state index contributed by atoms with van der Waals surface area (Å²) in [5.41, 5.74) is 4.28. The van der Waals surface area contributed by atoms with Gasteiger partial charge >= 0.3 is 0 Å². The summed E-state index contributed by atoms with van der Waals surface area (Å²) in [5, 5.41) is 7.22. The van der Waals surface area contributed by atoms with E-state index in [9.17, 15) is 0 Å². The first kappa shape index (κ1) is 12.8. The Labute approximate surface area is 116 Å². The fraction of sp³-hybridized carbons (Fsp3) is 0.625. The molecule has 0 saturated carbocycles. The van der Waals surface area contributed by atoms with E-state index in [0.717, 1.165) is 6.54 Å². The van der Waals surface area contributed by atoms with Crippen LogP contribution in [0.15, 0.2) is 18.2 Å². The molecule has 0 spiro atoms. The van der Waals surface area contributed by atoms with Gasteiger partial charge in [-0.25, -0.2) is 0 Å². The molecule has 19 heavy (non-hydrogen) atoms. The van der Waals surface area contributed by atoms with Crippen molar-refractivity contribution in [1.29, 1.82) is 0 Å². The van der Waals surface area contributed by atoms with Crippen molar-refractivity contribution in [3.8, 4) is 0 Å². The first-order valence-corrected chi connectivity index (χ1v) is 7.38. The van der Waals surface area contributed by atoms with Crippen molar-refractivity contribution < 1.29 is 0 Å². The molecule has 1 aromatic carbocycles. The number of hydrogen-bond donors (Lipinski definition) is 2. The number of benzene rings is 1. The van der Waals surface area contributed by atoms with Crippen LogP contribution < -0.4 is 10.6 Å². The van der Waals surface area contributed by atoms with Crippen LogP contribution in [0.1, 0.15) is 32.3 Å². The van der Waals surface area contributed by atoms with E-state index in [4.69, 9.17) is 0 Å². The van der Waals surface area contributed by atoms with Crippen molar-refractivity contribution in [2.75, 3.05) is 37.3 Å². The molecule has 1 aromatic rings. The molecule has 2 N–H and O–H groups in total. The zero-order valence-corrected chi connectivity index (χ0v) is 12.3. The summed E-state index contributed by atoms with van der Waals surface area (Å²) in [5.74, 6) is 0. The molecule has 3 rings (SSSR count). The average Bonchev–Trinajstić information content (AvgIpc) is 2.68. The van der Waals surface area contributed by atoms with Crippen molar-refractivity contribution in [3.05, 3.63) is 23.8 Å².